The van der Waals surface area contributed by atoms with Crippen LogP contribution in [0.2, 0.25) is 10.0 Å². The van der Waals surface area contributed by atoms with Crippen LogP contribution in [-0.2, 0) is 0 Å². The molecular weight excluding hydrogens is 331 g/mol. The van der Waals surface area contributed by atoms with E-state index < -0.39 is 0 Å². The van der Waals surface area contributed by atoms with Crippen LogP contribution in [0.1, 0.15) is 0 Å². The van der Waals surface area contributed by atoms with Crippen molar-refractivity contribution in [1.29, 1.82) is 0 Å². The molecule has 0 radical (unpaired) electrons. The average Bonchev–Trinajstić information content (AvgIpc) is 2.85. The van der Waals surface area contributed by atoms with Crippen molar-refractivity contribution in [1.82, 2.24) is 15.0 Å². The fraction of sp³-hybridized carbons (Fsp3) is 0.0769. The Bertz CT molecular complexity index is 821. The third-order valence-corrected chi connectivity index (χ3v) is 4.38. The summed E-state index contributed by atoms with van der Waals surface area (Å²) in [4.78, 5) is 11.8. The van der Waals surface area contributed by atoms with Gasteiger partial charge in [-0.1, -0.05) is 23.2 Å². The molecule has 1 aromatic carbocycles. The molecular formula is C13H10Cl2N4OS. The second-order valence-corrected chi connectivity index (χ2v) is 5.96. The van der Waals surface area contributed by atoms with Crippen molar-refractivity contribution in [2.45, 2.75) is 10.2 Å². The quantitative estimate of drug-likeness (QED) is 0.753. The van der Waals surface area contributed by atoms with Crippen molar-refractivity contribution < 1.29 is 4.74 Å². The van der Waals surface area contributed by atoms with E-state index in [2.05, 4.69) is 15.0 Å². The number of nitrogens with two attached hydrogens (primary N) is 1. The maximum Gasteiger partial charge on any atom is 0.172 e. The molecule has 0 aliphatic heterocycles. The minimum Gasteiger partial charge on any atom is -0.497 e. The number of fused-ring (bicyclic) bond motifs is 1. The molecule has 0 fully saturated rings. The summed E-state index contributed by atoms with van der Waals surface area (Å²) in [6, 6.07) is 7.17. The van der Waals surface area contributed by atoms with Gasteiger partial charge in [0, 0.05) is 6.07 Å². The van der Waals surface area contributed by atoms with Gasteiger partial charge in [0.25, 0.3) is 0 Å². The zero-order chi connectivity index (χ0) is 15.0. The normalized spacial score (nSPS) is 11.0. The van der Waals surface area contributed by atoms with Crippen LogP contribution >= 0.6 is 35.0 Å². The van der Waals surface area contributed by atoms with Crippen LogP contribution in [0, 0.1) is 0 Å². The lowest BCUT2D eigenvalue weighted by molar-refractivity contribution is 0.415. The molecule has 21 heavy (non-hydrogen) atoms. The van der Waals surface area contributed by atoms with E-state index in [1.807, 2.05) is 18.2 Å². The van der Waals surface area contributed by atoms with Gasteiger partial charge in [-0.05, 0) is 30.0 Å². The fourth-order valence-electron chi connectivity index (χ4n) is 1.77. The number of aromatic amines is 1. The zero-order valence-corrected chi connectivity index (χ0v) is 13.2. The van der Waals surface area contributed by atoms with Crippen molar-refractivity contribution >= 4 is 51.8 Å². The summed E-state index contributed by atoms with van der Waals surface area (Å²) in [7, 11) is 1.62. The first kappa shape index (κ1) is 14.3. The number of ether oxygens (including phenoxy) is 1. The molecule has 3 rings (SSSR count). The Kier molecular flexibility index (Phi) is 3.84. The number of aromatic nitrogens is 3. The number of nitrogens with one attached hydrogen (secondary N) is 1. The van der Waals surface area contributed by atoms with Gasteiger partial charge >= 0.3 is 0 Å². The lowest BCUT2D eigenvalue weighted by Gasteiger charge is -2.03. The third-order valence-electron chi connectivity index (χ3n) is 2.79. The van der Waals surface area contributed by atoms with E-state index in [1.165, 1.54) is 11.8 Å². The Hall–Kier alpha value is -1.63. The second-order valence-electron chi connectivity index (χ2n) is 4.17. The highest BCUT2D eigenvalue weighted by molar-refractivity contribution is 7.99. The van der Waals surface area contributed by atoms with Gasteiger partial charge in [-0.25, -0.2) is 9.97 Å². The van der Waals surface area contributed by atoms with Crippen molar-refractivity contribution in [3.63, 3.8) is 0 Å². The molecule has 0 saturated heterocycles. The zero-order valence-electron chi connectivity index (χ0n) is 10.9. The maximum atomic E-state index is 6.11. The highest BCUT2D eigenvalue weighted by atomic mass is 35.5. The number of hydrogen-bond acceptors (Lipinski definition) is 5. The van der Waals surface area contributed by atoms with Gasteiger partial charge in [-0.2, -0.15) is 0 Å². The van der Waals surface area contributed by atoms with Gasteiger partial charge in [0.2, 0.25) is 0 Å². The monoisotopic (exact) mass is 340 g/mol. The third kappa shape index (κ3) is 2.88. The standard InChI is InChI=1S/C13H10Cl2N4OS/c1-20-6-2-3-9-10(4-6)18-13(17-9)21-12-8(15)5-7(14)11(16)19-12/h2-5H,1H3,(H2,16,19)(H,17,18). The highest BCUT2D eigenvalue weighted by Gasteiger charge is 2.12. The number of rotatable bonds is 3. The minimum absolute atomic E-state index is 0.237. The average molecular weight is 341 g/mol. The number of nitrogen functional groups attached to an aromatic ring is 1. The van der Waals surface area contributed by atoms with Crippen molar-refractivity contribution in [2.75, 3.05) is 12.8 Å². The van der Waals surface area contributed by atoms with Crippen LogP contribution < -0.4 is 10.5 Å². The number of anilines is 1. The van der Waals surface area contributed by atoms with Gasteiger partial charge in [-0.3, -0.25) is 0 Å². The molecule has 0 atom stereocenters. The predicted octanol–water partition coefficient (Wildman–Crippen LogP) is 4.01. The highest BCUT2D eigenvalue weighted by Crippen LogP contribution is 2.34. The maximum absolute atomic E-state index is 6.11. The topological polar surface area (TPSA) is 76.8 Å². The first-order valence-corrected chi connectivity index (χ1v) is 7.47. The van der Waals surface area contributed by atoms with E-state index in [-0.39, 0.29) is 5.82 Å². The minimum atomic E-state index is 0.237. The summed E-state index contributed by atoms with van der Waals surface area (Å²) in [6.07, 6.45) is 0. The lowest BCUT2D eigenvalue weighted by atomic mass is 10.3. The number of hydrogen-bond donors (Lipinski definition) is 2. The number of H-pyrrole nitrogens is 1. The number of imidazole rings is 1. The Morgan fingerprint density at radius 2 is 2.00 bits per heavy atom. The lowest BCUT2D eigenvalue weighted by Crippen LogP contribution is -1.93. The molecule has 108 valence electrons. The molecule has 2 heterocycles. The molecule has 0 unspecified atom stereocenters. The molecule has 0 aliphatic carbocycles. The molecule has 0 aliphatic rings. The first-order chi connectivity index (χ1) is 10.1. The van der Waals surface area contributed by atoms with Crippen LogP contribution in [0.15, 0.2) is 34.4 Å². The first-order valence-electron chi connectivity index (χ1n) is 5.90. The Balaban J connectivity index is 1.96. The van der Waals surface area contributed by atoms with Crippen molar-refractivity contribution in [2.24, 2.45) is 0 Å². The fourth-order valence-corrected chi connectivity index (χ4v) is 3.03. The van der Waals surface area contributed by atoms with Crippen LogP contribution in [0.4, 0.5) is 5.82 Å². The Morgan fingerprint density at radius 3 is 2.76 bits per heavy atom. The van der Waals surface area contributed by atoms with E-state index >= 15 is 0 Å². The number of methoxy groups -OCH3 is 1. The van der Waals surface area contributed by atoms with Gasteiger partial charge in [0.1, 0.15) is 16.6 Å². The number of nitrogens with zero attached hydrogens (tertiary/aromatic N) is 2. The van der Waals surface area contributed by atoms with E-state index in [0.717, 1.165) is 16.8 Å². The van der Waals surface area contributed by atoms with E-state index in [0.29, 0.717) is 20.2 Å². The second kappa shape index (κ2) is 5.63. The van der Waals surface area contributed by atoms with E-state index in [9.17, 15) is 0 Å². The van der Waals surface area contributed by atoms with Crippen LogP contribution in [-0.4, -0.2) is 22.1 Å². The van der Waals surface area contributed by atoms with Gasteiger partial charge in [-0.15, -0.1) is 0 Å². The van der Waals surface area contributed by atoms with Gasteiger partial charge in [0.05, 0.1) is 28.2 Å². The molecule has 0 amide bonds. The van der Waals surface area contributed by atoms with Crippen LogP contribution in [0.25, 0.3) is 11.0 Å². The van der Waals surface area contributed by atoms with Gasteiger partial charge in [0.15, 0.2) is 5.16 Å². The molecule has 3 aromatic rings. The van der Waals surface area contributed by atoms with E-state index in [4.69, 9.17) is 33.7 Å². The number of benzene rings is 1. The summed E-state index contributed by atoms with van der Waals surface area (Å²) in [5.74, 6) is 0.996. The van der Waals surface area contributed by atoms with Crippen LogP contribution in [0.3, 0.4) is 0 Å². The molecule has 0 spiro atoms. The molecule has 2 aromatic heterocycles. The van der Waals surface area contributed by atoms with E-state index in [1.54, 1.807) is 13.2 Å². The summed E-state index contributed by atoms with van der Waals surface area (Å²) >= 11 is 13.3. The Morgan fingerprint density at radius 1 is 1.19 bits per heavy atom. The molecule has 8 heteroatoms. The summed E-state index contributed by atoms with van der Waals surface area (Å²) in [6.45, 7) is 0. The van der Waals surface area contributed by atoms with Gasteiger partial charge < -0.3 is 15.5 Å². The number of pyridine rings is 1. The SMILES string of the molecule is COc1ccc2nc(Sc3nc(N)c(Cl)cc3Cl)[nH]c2c1. The largest absolute Gasteiger partial charge is 0.497 e. The number of halogens is 2. The van der Waals surface area contributed by atoms with Crippen molar-refractivity contribution in [3.05, 3.63) is 34.3 Å². The summed E-state index contributed by atoms with van der Waals surface area (Å²) in [5.41, 5.74) is 7.39. The summed E-state index contributed by atoms with van der Waals surface area (Å²) < 4.78 is 5.18. The molecule has 3 N–H and O–H groups in total. The predicted molar refractivity (Wildman–Crippen MR) is 85.4 cm³/mol. The Labute approximate surface area is 134 Å². The summed E-state index contributed by atoms with van der Waals surface area (Å²) in [5, 5.41) is 1.97. The molecule has 5 nitrogen and oxygen atoms in total. The molecule has 0 saturated carbocycles. The van der Waals surface area contributed by atoms with Crippen LogP contribution in [0.5, 0.6) is 5.75 Å². The molecule has 0 bridgehead atoms. The smallest absolute Gasteiger partial charge is 0.172 e. The van der Waals surface area contributed by atoms with Crippen molar-refractivity contribution in [3.8, 4) is 5.75 Å².